The molecule has 0 aromatic carbocycles. The highest BCUT2D eigenvalue weighted by Gasteiger charge is 2.30. The molecule has 0 aliphatic heterocycles. The van der Waals surface area contributed by atoms with Crippen molar-refractivity contribution in [2.24, 2.45) is 17.8 Å². The second-order valence-electron chi connectivity index (χ2n) is 27.4. The van der Waals surface area contributed by atoms with Gasteiger partial charge in [-0.2, -0.15) is 0 Å². The van der Waals surface area contributed by atoms with Crippen molar-refractivity contribution < 1.29 is 80.2 Å². The van der Waals surface area contributed by atoms with Crippen LogP contribution in [-0.4, -0.2) is 96.7 Å². The van der Waals surface area contributed by atoms with Crippen LogP contribution in [0.5, 0.6) is 0 Å². The number of phosphoric acid groups is 2. The average Bonchev–Trinajstić information content (AvgIpc) is 3.62. The summed E-state index contributed by atoms with van der Waals surface area (Å²) >= 11 is 0. The van der Waals surface area contributed by atoms with Crippen LogP contribution in [0.2, 0.25) is 0 Å². The molecule has 3 N–H and O–H groups in total. The Morgan fingerprint density at radius 3 is 0.747 bits per heavy atom. The number of esters is 4. The standard InChI is InChI=1S/C72H140O17P2/c1-8-9-10-11-29-39-46-53-69(74)82-59-67(88-72(77)56-49-42-35-28-22-16-19-25-32-38-45-52-65(6)7)61-86-90(78,79)84-57-66(73)58-85-91(80,81)87-62-68(89-71(76)55-48-41-34-27-21-15-13-18-24-31-37-44-51-64(4)5)60-83-70(75)54-47-40-33-26-20-14-12-17-23-30-36-43-50-63(2)3/h63-68,73H,8-62H2,1-7H3,(H,78,79)(H,80,81)/t66-,67+,68+/m0/s1. The summed E-state index contributed by atoms with van der Waals surface area (Å²) < 4.78 is 68.3. The number of rotatable bonds is 70. The van der Waals surface area contributed by atoms with Gasteiger partial charge < -0.3 is 33.8 Å². The maximum atomic E-state index is 13.0. The number of carbonyl (C=O) groups is 4. The first-order valence-electron chi connectivity index (χ1n) is 37.3. The highest BCUT2D eigenvalue weighted by atomic mass is 31.2. The minimum absolute atomic E-state index is 0.106. The number of ether oxygens (including phenoxy) is 4. The number of aliphatic hydroxyl groups excluding tert-OH is 1. The smallest absolute Gasteiger partial charge is 0.462 e. The minimum Gasteiger partial charge on any atom is -0.462 e. The second-order valence-corrected chi connectivity index (χ2v) is 30.3. The van der Waals surface area contributed by atoms with E-state index in [9.17, 15) is 43.2 Å². The third-order valence-corrected chi connectivity index (χ3v) is 18.5. The summed E-state index contributed by atoms with van der Waals surface area (Å²) in [6, 6.07) is 0. The van der Waals surface area contributed by atoms with Crippen molar-refractivity contribution in [3.8, 4) is 0 Å². The second kappa shape index (κ2) is 62.8. The lowest BCUT2D eigenvalue weighted by atomic mass is 10.0. The van der Waals surface area contributed by atoms with Crippen molar-refractivity contribution in [2.45, 2.75) is 381 Å². The van der Waals surface area contributed by atoms with Gasteiger partial charge in [-0.05, 0) is 43.4 Å². The minimum atomic E-state index is -4.95. The Kier molecular flexibility index (Phi) is 61.5. The molecule has 0 aromatic rings. The van der Waals surface area contributed by atoms with Gasteiger partial charge in [0.2, 0.25) is 0 Å². The van der Waals surface area contributed by atoms with E-state index in [1.165, 1.54) is 161 Å². The van der Waals surface area contributed by atoms with Crippen LogP contribution >= 0.6 is 15.6 Å². The van der Waals surface area contributed by atoms with Gasteiger partial charge in [-0.25, -0.2) is 9.13 Å². The van der Waals surface area contributed by atoms with Crippen molar-refractivity contribution in [3.05, 3.63) is 0 Å². The third-order valence-electron chi connectivity index (χ3n) is 16.6. The summed E-state index contributed by atoms with van der Waals surface area (Å²) in [4.78, 5) is 72.5. The van der Waals surface area contributed by atoms with Gasteiger partial charge in [-0.1, -0.05) is 312 Å². The van der Waals surface area contributed by atoms with E-state index in [-0.39, 0.29) is 25.7 Å². The molecule has 0 fully saturated rings. The SMILES string of the molecule is CCCCCCCCCC(=O)OC[C@H](COP(=O)(O)OC[C@H](O)COP(=O)(O)OC[C@@H](COC(=O)CCCCCCCCCCCCCCC(C)C)OC(=O)CCCCCCCCCCCCCCC(C)C)OC(=O)CCCCCCCCCCCCCC(C)C. The summed E-state index contributed by atoms with van der Waals surface area (Å²) in [7, 11) is -9.90. The lowest BCUT2D eigenvalue weighted by molar-refractivity contribution is -0.161. The Morgan fingerprint density at radius 2 is 0.505 bits per heavy atom. The summed E-state index contributed by atoms with van der Waals surface area (Å²) in [6.07, 6.45) is 47.2. The normalized spacial score (nSPS) is 14.2. The van der Waals surface area contributed by atoms with E-state index in [0.29, 0.717) is 25.7 Å². The van der Waals surface area contributed by atoms with Crippen molar-refractivity contribution >= 4 is 39.5 Å². The number of carbonyl (C=O) groups excluding carboxylic acids is 4. The van der Waals surface area contributed by atoms with E-state index in [2.05, 4.69) is 48.5 Å². The van der Waals surface area contributed by atoms with Crippen LogP contribution in [0, 0.1) is 17.8 Å². The molecule has 0 amide bonds. The van der Waals surface area contributed by atoms with Crippen molar-refractivity contribution in [1.82, 2.24) is 0 Å². The quantitative estimate of drug-likeness (QED) is 0.0222. The molecule has 19 heteroatoms. The molecule has 2 unspecified atom stereocenters. The number of hydrogen-bond donors (Lipinski definition) is 3. The Bertz CT molecular complexity index is 1780. The molecule has 0 aliphatic carbocycles. The first-order chi connectivity index (χ1) is 43.7. The fraction of sp³-hybridized carbons (Fsp3) is 0.944. The van der Waals surface area contributed by atoms with Gasteiger partial charge in [0.05, 0.1) is 26.4 Å². The number of unbranched alkanes of at least 4 members (excludes halogenated alkanes) is 38. The van der Waals surface area contributed by atoms with Crippen molar-refractivity contribution in [1.29, 1.82) is 0 Å². The van der Waals surface area contributed by atoms with Gasteiger partial charge in [0.1, 0.15) is 19.3 Å². The molecule has 91 heavy (non-hydrogen) atoms. The molecule has 0 aliphatic rings. The zero-order valence-corrected chi connectivity index (χ0v) is 61.1. The molecule has 17 nitrogen and oxygen atoms in total. The van der Waals surface area contributed by atoms with E-state index in [4.69, 9.17) is 37.0 Å². The molecule has 0 rings (SSSR count). The molecule has 0 heterocycles. The van der Waals surface area contributed by atoms with Gasteiger partial charge in [-0.15, -0.1) is 0 Å². The Morgan fingerprint density at radius 1 is 0.297 bits per heavy atom. The molecule has 0 aromatic heterocycles. The van der Waals surface area contributed by atoms with E-state index in [1.807, 2.05) is 0 Å². The van der Waals surface area contributed by atoms with E-state index in [1.54, 1.807) is 0 Å². The molecule has 540 valence electrons. The first-order valence-corrected chi connectivity index (χ1v) is 40.3. The molecule has 0 radical (unpaired) electrons. The third kappa shape index (κ3) is 66.5. The summed E-state index contributed by atoms with van der Waals surface area (Å²) in [5.41, 5.74) is 0. The van der Waals surface area contributed by atoms with Gasteiger partial charge in [0.15, 0.2) is 12.2 Å². The average molecular weight is 1340 g/mol. The van der Waals surface area contributed by atoms with E-state index >= 15 is 0 Å². The maximum absolute atomic E-state index is 13.0. The van der Waals surface area contributed by atoms with E-state index in [0.717, 1.165) is 120 Å². The van der Waals surface area contributed by atoms with Crippen LogP contribution in [-0.2, 0) is 65.4 Å². The summed E-state index contributed by atoms with van der Waals surface area (Å²) in [5, 5.41) is 10.6. The Balaban J connectivity index is 5.21. The lowest BCUT2D eigenvalue weighted by Gasteiger charge is -2.21. The lowest BCUT2D eigenvalue weighted by Crippen LogP contribution is -2.30. The predicted molar refractivity (Wildman–Crippen MR) is 368 cm³/mol. The largest absolute Gasteiger partial charge is 0.472 e. The summed E-state index contributed by atoms with van der Waals surface area (Å²) in [6.45, 7) is 11.9. The van der Waals surface area contributed by atoms with Crippen LogP contribution in [0.15, 0.2) is 0 Å². The molecule has 0 saturated heterocycles. The molecule has 0 saturated carbocycles. The maximum Gasteiger partial charge on any atom is 0.472 e. The fourth-order valence-corrected chi connectivity index (χ4v) is 12.5. The van der Waals surface area contributed by atoms with Crippen LogP contribution in [0.25, 0.3) is 0 Å². The number of phosphoric ester groups is 2. The topological polar surface area (TPSA) is 237 Å². The van der Waals surface area contributed by atoms with Crippen LogP contribution in [0.4, 0.5) is 0 Å². The highest BCUT2D eigenvalue weighted by molar-refractivity contribution is 7.47. The van der Waals surface area contributed by atoms with Crippen LogP contribution < -0.4 is 0 Å². The van der Waals surface area contributed by atoms with Gasteiger partial charge in [0.25, 0.3) is 0 Å². The zero-order chi connectivity index (χ0) is 67.3. The van der Waals surface area contributed by atoms with Crippen molar-refractivity contribution in [3.63, 3.8) is 0 Å². The highest BCUT2D eigenvalue weighted by Crippen LogP contribution is 2.45. The molecular weight excluding hydrogens is 1200 g/mol. The van der Waals surface area contributed by atoms with Crippen LogP contribution in [0.3, 0.4) is 0 Å². The van der Waals surface area contributed by atoms with Crippen molar-refractivity contribution in [2.75, 3.05) is 39.6 Å². The van der Waals surface area contributed by atoms with Crippen LogP contribution in [0.1, 0.15) is 363 Å². The molecular formula is C72H140O17P2. The van der Waals surface area contributed by atoms with Gasteiger partial charge in [0, 0.05) is 25.7 Å². The molecule has 0 bridgehead atoms. The zero-order valence-electron chi connectivity index (χ0n) is 59.3. The summed E-state index contributed by atoms with van der Waals surface area (Å²) in [5.74, 6) is 0.197. The number of aliphatic hydroxyl groups is 1. The predicted octanol–water partition coefficient (Wildman–Crippen LogP) is 20.6. The number of hydrogen-bond acceptors (Lipinski definition) is 15. The molecule has 0 spiro atoms. The Labute approximate surface area is 556 Å². The monoisotopic (exact) mass is 1340 g/mol. The van der Waals surface area contributed by atoms with Gasteiger partial charge in [-0.3, -0.25) is 37.3 Å². The Hall–Kier alpha value is -1.94. The van der Waals surface area contributed by atoms with Gasteiger partial charge >= 0.3 is 39.5 Å². The fourth-order valence-electron chi connectivity index (χ4n) is 10.9. The van der Waals surface area contributed by atoms with E-state index < -0.39 is 97.5 Å². The molecule has 5 atom stereocenters. The first kappa shape index (κ1) is 89.1.